The molecule has 4 rings (SSSR count). The first-order valence-corrected chi connectivity index (χ1v) is 8.99. The lowest BCUT2D eigenvalue weighted by Gasteiger charge is -2.07. The van der Waals surface area contributed by atoms with Gasteiger partial charge in [0, 0.05) is 27.4 Å². The number of rotatable bonds is 3. The SMILES string of the molecule is Oc1ccc(-c2oc3ccc(O)c(CBr)c3c2-c2ccccc2)cc1. The predicted molar refractivity (Wildman–Crippen MR) is 103 cm³/mol. The number of fused-ring (bicyclic) bond motifs is 1. The largest absolute Gasteiger partial charge is 0.508 e. The summed E-state index contributed by atoms with van der Waals surface area (Å²) in [4.78, 5) is 0. The van der Waals surface area contributed by atoms with Crippen molar-refractivity contribution in [2.24, 2.45) is 0 Å². The van der Waals surface area contributed by atoms with Gasteiger partial charge in [-0.25, -0.2) is 0 Å². The lowest BCUT2D eigenvalue weighted by molar-refractivity contribution is 0.471. The van der Waals surface area contributed by atoms with Crippen LogP contribution in [0.4, 0.5) is 0 Å². The molecule has 0 fully saturated rings. The summed E-state index contributed by atoms with van der Waals surface area (Å²) in [6, 6.07) is 20.3. The van der Waals surface area contributed by atoms with Crippen molar-refractivity contribution in [3.63, 3.8) is 0 Å². The van der Waals surface area contributed by atoms with Gasteiger partial charge in [0.1, 0.15) is 22.8 Å². The van der Waals surface area contributed by atoms with E-state index in [4.69, 9.17) is 4.42 Å². The first-order chi connectivity index (χ1) is 12.2. The molecule has 0 amide bonds. The predicted octanol–water partition coefficient (Wildman–Crippen LogP) is 6.07. The number of phenols is 2. The monoisotopic (exact) mass is 394 g/mol. The van der Waals surface area contributed by atoms with Gasteiger partial charge in [-0.3, -0.25) is 0 Å². The van der Waals surface area contributed by atoms with Crippen molar-refractivity contribution < 1.29 is 14.6 Å². The molecule has 0 bridgehead atoms. The first-order valence-electron chi connectivity index (χ1n) is 7.87. The van der Waals surface area contributed by atoms with Gasteiger partial charge >= 0.3 is 0 Å². The Bertz CT molecular complexity index is 1030. The van der Waals surface area contributed by atoms with Crippen molar-refractivity contribution in [2.75, 3.05) is 0 Å². The molecule has 3 nitrogen and oxygen atoms in total. The molecule has 0 aliphatic carbocycles. The van der Waals surface area contributed by atoms with Gasteiger partial charge in [0.15, 0.2) is 0 Å². The van der Waals surface area contributed by atoms with Crippen molar-refractivity contribution in [1.82, 2.24) is 0 Å². The van der Waals surface area contributed by atoms with Crippen LogP contribution in [0, 0.1) is 0 Å². The maximum Gasteiger partial charge on any atom is 0.143 e. The molecule has 1 heterocycles. The van der Waals surface area contributed by atoms with Crippen LogP contribution in [0.5, 0.6) is 11.5 Å². The molecule has 0 saturated carbocycles. The zero-order valence-corrected chi connectivity index (χ0v) is 14.8. The number of phenolic OH excluding ortho intramolecular Hbond substituents is 2. The van der Waals surface area contributed by atoms with E-state index in [1.54, 1.807) is 24.3 Å². The minimum Gasteiger partial charge on any atom is -0.508 e. The lowest BCUT2D eigenvalue weighted by Crippen LogP contribution is -1.85. The quantitative estimate of drug-likeness (QED) is 0.414. The van der Waals surface area contributed by atoms with Crippen LogP contribution < -0.4 is 0 Å². The third-order valence-corrected chi connectivity index (χ3v) is 4.83. The molecular formula is C21H15BrO3. The van der Waals surface area contributed by atoms with Crippen LogP contribution in [0.1, 0.15) is 5.56 Å². The topological polar surface area (TPSA) is 53.6 Å². The van der Waals surface area contributed by atoms with Gasteiger partial charge < -0.3 is 14.6 Å². The molecule has 124 valence electrons. The van der Waals surface area contributed by atoms with E-state index >= 15 is 0 Å². The maximum atomic E-state index is 10.3. The second-order valence-corrected chi connectivity index (χ2v) is 6.35. The van der Waals surface area contributed by atoms with Gasteiger partial charge in [0.2, 0.25) is 0 Å². The standard InChI is InChI=1S/C21H15BrO3/c22-12-16-17(24)10-11-18-20(16)19(13-4-2-1-3-5-13)21(25-18)14-6-8-15(23)9-7-14/h1-11,23-24H,12H2. The molecule has 0 aliphatic heterocycles. The molecule has 25 heavy (non-hydrogen) atoms. The van der Waals surface area contributed by atoms with Crippen LogP contribution in [0.2, 0.25) is 0 Å². The fraction of sp³-hybridized carbons (Fsp3) is 0.0476. The van der Waals surface area contributed by atoms with Gasteiger partial charge in [-0.1, -0.05) is 46.3 Å². The van der Waals surface area contributed by atoms with Crippen LogP contribution in [0.3, 0.4) is 0 Å². The van der Waals surface area contributed by atoms with Gasteiger partial charge in [0.25, 0.3) is 0 Å². The Labute approximate surface area is 153 Å². The molecule has 0 radical (unpaired) electrons. The fourth-order valence-electron chi connectivity index (χ4n) is 3.08. The first kappa shape index (κ1) is 15.8. The number of hydrogen-bond donors (Lipinski definition) is 2. The van der Waals surface area contributed by atoms with Crippen LogP contribution in [-0.4, -0.2) is 10.2 Å². The van der Waals surface area contributed by atoms with Crippen LogP contribution in [-0.2, 0) is 5.33 Å². The molecule has 0 atom stereocenters. The van der Waals surface area contributed by atoms with E-state index in [2.05, 4.69) is 15.9 Å². The average molecular weight is 395 g/mol. The molecule has 3 aromatic carbocycles. The van der Waals surface area contributed by atoms with Crippen molar-refractivity contribution in [2.45, 2.75) is 5.33 Å². The highest BCUT2D eigenvalue weighted by molar-refractivity contribution is 9.08. The Hall–Kier alpha value is -2.72. The Morgan fingerprint density at radius 3 is 2.20 bits per heavy atom. The van der Waals surface area contributed by atoms with Crippen LogP contribution in [0.25, 0.3) is 33.4 Å². The summed E-state index contributed by atoms with van der Waals surface area (Å²) in [7, 11) is 0. The third-order valence-electron chi connectivity index (χ3n) is 4.26. The van der Waals surface area contributed by atoms with Crippen molar-refractivity contribution in [3.05, 3.63) is 72.3 Å². The van der Waals surface area contributed by atoms with Gasteiger partial charge in [-0.2, -0.15) is 0 Å². The Morgan fingerprint density at radius 1 is 0.800 bits per heavy atom. The van der Waals surface area contributed by atoms with E-state index in [-0.39, 0.29) is 11.5 Å². The summed E-state index contributed by atoms with van der Waals surface area (Å²) in [5.41, 5.74) is 4.33. The minimum atomic E-state index is 0.208. The summed E-state index contributed by atoms with van der Waals surface area (Å²) < 4.78 is 6.16. The van der Waals surface area contributed by atoms with E-state index in [9.17, 15) is 10.2 Å². The molecular weight excluding hydrogens is 380 g/mol. The smallest absolute Gasteiger partial charge is 0.143 e. The Morgan fingerprint density at radius 2 is 1.52 bits per heavy atom. The third kappa shape index (κ3) is 2.68. The highest BCUT2D eigenvalue weighted by atomic mass is 79.9. The summed E-state index contributed by atoms with van der Waals surface area (Å²) in [5, 5.41) is 21.3. The van der Waals surface area contributed by atoms with E-state index < -0.39 is 0 Å². The van der Waals surface area contributed by atoms with Gasteiger partial charge in [0.05, 0.1) is 0 Å². The van der Waals surface area contributed by atoms with Gasteiger partial charge in [-0.05, 0) is 42.0 Å². The number of aromatic hydroxyl groups is 2. The van der Waals surface area contributed by atoms with E-state index in [0.29, 0.717) is 16.7 Å². The molecule has 2 N–H and O–H groups in total. The Balaban J connectivity index is 2.11. The van der Waals surface area contributed by atoms with Crippen LogP contribution in [0.15, 0.2) is 71.1 Å². The van der Waals surface area contributed by atoms with E-state index in [1.807, 2.05) is 42.5 Å². The average Bonchev–Trinajstić information content (AvgIpc) is 3.02. The number of hydrogen-bond acceptors (Lipinski definition) is 3. The molecule has 4 aromatic rings. The molecule has 4 heteroatoms. The number of furan rings is 1. The molecule has 0 spiro atoms. The lowest BCUT2D eigenvalue weighted by atomic mass is 9.96. The zero-order chi connectivity index (χ0) is 17.4. The van der Waals surface area contributed by atoms with Crippen molar-refractivity contribution >= 4 is 26.9 Å². The maximum absolute atomic E-state index is 10.3. The molecule has 1 aromatic heterocycles. The highest BCUT2D eigenvalue weighted by Gasteiger charge is 2.21. The summed E-state index contributed by atoms with van der Waals surface area (Å²) in [6.07, 6.45) is 0. The van der Waals surface area contributed by atoms with Crippen molar-refractivity contribution in [1.29, 1.82) is 0 Å². The number of benzene rings is 3. The number of halogens is 1. The van der Waals surface area contributed by atoms with Crippen LogP contribution >= 0.6 is 15.9 Å². The highest BCUT2D eigenvalue weighted by Crippen LogP contribution is 2.44. The number of alkyl halides is 1. The van der Waals surface area contributed by atoms with Crippen molar-refractivity contribution in [3.8, 4) is 33.9 Å². The van der Waals surface area contributed by atoms with Gasteiger partial charge in [-0.15, -0.1) is 0 Å². The molecule has 0 aliphatic rings. The normalized spacial score (nSPS) is 11.1. The zero-order valence-electron chi connectivity index (χ0n) is 13.2. The second-order valence-electron chi connectivity index (χ2n) is 5.79. The molecule has 0 saturated heterocycles. The summed E-state index contributed by atoms with van der Waals surface area (Å²) in [5.74, 6) is 1.16. The fourth-order valence-corrected chi connectivity index (χ4v) is 3.65. The minimum absolute atomic E-state index is 0.208. The summed E-state index contributed by atoms with van der Waals surface area (Å²) >= 11 is 3.48. The van der Waals surface area contributed by atoms with E-state index in [1.165, 1.54) is 0 Å². The Kier molecular flexibility index (Phi) is 3.98. The second kappa shape index (κ2) is 6.30. The molecule has 0 unspecified atom stereocenters. The van der Waals surface area contributed by atoms with E-state index in [0.717, 1.165) is 27.6 Å². The summed E-state index contributed by atoms with van der Waals surface area (Å²) in [6.45, 7) is 0.